The Hall–Kier alpha value is -2.61. The Balaban J connectivity index is 1.49. The van der Waals surface area contributed by atoms with E-state index in [1.54, 1.807) is 27.2 Å². The Morgan fingerprint density at radius 3 is 2.84 bits per heavy atom. The predicted octanol–water partition coefficient (Wildman–Crippen LogP) is 3.64. The van der Waals surface area contributed by atoms with Crippen LogP contribution in [0, 0.1) is 13.8 Å². The van der Waals surface area contributed by atoms with Crippen LogP contribution in [0.25, 0.3) is 16.7 Å². The largest absolute Gasteiger partial charge is 0.340 e. The third-order valence-corrected chi connectivity index (χ3v) is 7.74. The molecule has 2 aliphatic heterocycles. The summed E-state index contributed by atoms with van der Waals surface area (Å²) in [5, 5.41) is 5.63. The summed E-state index contributed by atoms with van der Waals surface area (Å²) >= 11 is 1.55. The summed E-state index contributed by atoms with van der Waals surface area (Å²) in [6.07, 6.45) is 5.25. The molecular formula is C23H27N5O2S. The van der Waals surface area contributed by atoms with Gasteiger partial charge < -0.3 is 4.90 Å². The number of rotatable bonds is 3. The second-order valence-electron chi connectivity index (χ2n) is 8.73. The SMILES string of the molecule is Cc1ccc(-n2ncc3c(=O)n4c(nc32)SCC4CC(=O)N2CCCCC2C)cc1C. The fraction of sp³-hybridized carbons (Fsp3) is 0.478. The molecule has 3 aromatic rings. The van der Waals surface area contributed by atoms with Gasteiger partial charge in [-0.1, -0.05) is 17.8 Å². The molecule has 162 valence electrons. The second-order valence-corrected chi connectivity index (χ2v) is 9.72. The van der Waals surface area contributed by atoms with Gasteiger partial charge in [-0.3, -0.25) is 14.2 Å². The topological polar surface area (TPSA) is 73.0 Å². The molecule has 0 saturated carbocycles. The maximum atomic E-state index is 13.3. The van der Waals surface area contributed by atoms with Crippen molar-refractivity contribution in [3.05, 3.63) is 45.9 Å². The van der Waals surface area contributed by atoms with Crippen LogP contribution in [-0.2, 0) is 4.79 Å². The van der Waals surface area contributed by atoms with E-state index >= 15 is 0 Å². The van der Waals surface area contributed by atoms with Crippen LogP contribution >= 0.6 is 11.8 Å². The minimum atomic E-state index is -0.156. The Morgan fingerprint density at radius 2 is 2.06 bits per heavy atom. The minimum Gasteiger partial charge on any atom is -0.340 e. The van der Waals surface area contributed by atoms with Gasteiger partial charge in [0, 0.05) is 24.8 Å². The summed E-state index contributed by atoms with van der Waals surface area (Å²) in [5.74, 6) is 0.836. The van der Waals surface area contributed by atoms with E-state index in [-0.39, 0.29) is 23.6 Å². The quantitative estimate of drug-likeness (QED) is 0.585. The fourth-order valence-electron chi connectivity index (χ4n) is 4.61. The highest BCUT2D eigenvalue weighted by atomic mass is 32.2. The van der Waals surface area contributed by atoms with Crippen LogP contribution in [0.4, 0.5) is 0 Å². The van der Waals surface area contributed by atoms with Crippen molar-refractivity contribution in [1.29, 1.82) is 0 Å². The summed E-state index contributed by atoms with van der Waals surface area (Å²) < 4.78 is 3.45. The van der Waals surface area contributed by atoms with Crippen LogP contribution in [0.15, 0.2) is 34.3 Å². The molecule has 7 nitrogen and oxygen atoms in total. The average Bonchev–Trinajstić information content (AvgIpc) is 3.35. The molecule has 2 aliphatic rings. The number of piperidine rings is 1. The molecule has 5 rings (SSSR count). The van der Waals surface area contributed by atoms with Crippen LogP contribution in [0.2, 0.25) is 0 Å². The molecule has 1 aromatic carbocycles. The molecule has 2 atom stereocenters. The molecule has 1 fully saturated rings. The van der Waals surface area contributed by atoms with Crippen molar-refractivity contribution in [2.75, 3.05) is 12.3 Å². The van der Waals surface area contributed by atoms with Crippen molar-refractivity contribution in [1.82, 2.24) is 24.2 Å². The second kappa shape index (κ2) is 7.82. The molecule has 0 aliphatic carbocycles. The van der Waals surface area contributed by atoms with E-state index in [4.69, 9.17) is 4.98 Å². The zero-order valence-electron chi connectivity index (χ0n) is 18.2. The van der Waals surface area contributed by atoms with Crippen LogP contribution in [0.5, 0.6) is 0 Å². The van der Waals surface area contributed by atoms with Gasteiger partial charge >= 0.3 is 0 Å². The first-order chi connectivity index (χ1) is 14.9. The van der Waals surface area contributed by atoms with Gasteiger partial charge in [0.1, 0.15) is 5.39 Å². The number of aryl methyl sites for hydroxylation is 2. The Labute approximate surface area is 185 Å². The zero-order chi connectivity index (χ0) is 21.7. The van der Waals surface area contributed by atoms with Gasteiger partial charge in [-0.2, -0.15) is 5.10 Å². The lowest BCUT2D eigenvalue weighted by Crippen LogP contribution is -2.43. The van der Waals surface area contributed by atoms with Gasteiger partial charge in [0.05, 0.1) is 17.9 Å². The van der Waals surface area contributed by atoms with Crippen molar-refractivity contribution in [2.24, 2.45) is 0 Å². The molecule has 0 spiro atoms. The maximum Gasteiger partial charge on any atom is 0.265 e. The number of hydrogen-bond donors (Lipinski definition) is 0. The monoisotopic (exact) mass is 437 g/mol. The van der Waals surface area contributed by atoms with Gasteiger partial charge in [-0.05, 0) is 63.3 Å². The number of amides is 1. The highest BCUT2D eigenvalue weighted by Gasteiger charge is 2.32. The molecule has 0 radical (unpaired) electrons. The number of aromatic nitrogens is 4. The Bertz CT molecular complexity index is 1230. The minimum absolute atomic E-state index is 0.107. The molecular weight excluding hydrogens is 410 g/mol. The van der Waals surface area contributed by atoms with Crippen molar-refractivity contribution in [2.45, 2.75) is 63.7 Å². The van der Waals surface area contributed by atoms with Crippen LogP contribution in [0.3, 0.4) is 0 Å². The molecule has 8 heteroatoms. The number of carbonyl (C=O) groups is 1. The lowest BCUT2D eigenvalue weighted by Gasteiger charge is -2.34. The lowest BCUT2D eigenvalue weighted by molar-refractivity contribution is -0.135. The first kappa shape index (κ1) is 20.3. The summed E-state index contributed by atoms with van der Waals surface area (Å²) in [4.78, 5) is 33.1. The summed E-state index contributed by atoms with van der Waals surface area (Å²) in [6, 6.07) is 6.23. The molecule has 2 aromatic heterocycles. The predicted molar refractivity (Wildman–Crippen MR) is 122 cm³/mol. The van der Waals surface area contributed by atoms with E-state index in [0.717, 1.165) is 25.1 Å². The standard InChI is InChI=1S/C23H27N5O2S/c1-14-7-8-17(10-15(14)2)28-21-19(12-24-28)22(30)27-18(13-31-23(27)25-21)11-20(29)26-9-5-4-6-16(26)3/h7-8,10,12,16,18H,4-6,9,11,13H2,1-3H3. The van der Waals surface area contributed by atoms with E-state index in [9.17, 15) is 9.59 Å². The van der Waals surface area contributed by atoms with Gasteiger partial charge in [0.25, 0.3) is 5.56 Å². The van der Waals surface area contributed by atoms with Gasteiger partial charge in [-0.15, -0.1) is 0 Å². The van der Waals surface area contributed by atoms with Gasteiger partial charge in [-0.25, -0.2) is 9.67 Å². The summed E-state index contributed by atoms with van der Waals surface area (Å²) in [6.45, 7) is 7.07. The number of fused-ring (bicyclic) bond motifs is 2. The van der Waals surface area contributed by atoms with Crippen molar-refractivity contribution in [3.63, 3.8) is 0 Å². The average molecular weight is 438 g/mol. The molecule has 1 amide bonds. The first-order valence-corrected chi connectivity index (χ1v) is 11.9. The van der Waals surface area contributed by atoms with Crippen molar-refractivity contribution < 1.29 is 4.79 Å². The smallest absolute Gasteiger partial charge is 0.265 e. The highest BCUT2D eigenvalue weighted by Crippen LogP contribution is 2.34. The van der Waals surface area contributed by atoms with Crippen LogP contribution < -0.4 is 5.56 Å². The number of carbonyl (C=O) groups excluding carboxylic acids is 1. The molecule has 0 N–H and O–H groups in total. The fourth-order valence-corrected chi connectivity index (χ4v) is 5.75. The Kier molecular flexibility index (Phi) is 5.12. The van der Waals surface area contributed by atoms with Gasteiger partial charge in [0.15, 0.2) is 10.8 Å². The first-order valence-electron chi connectivity index (χ1n) is 10.9. The zero-order valence-corrected chi connectivity index (χ0v) is 19.0. The third-order valence-electron chi connectivity index (χ3n) is 6.64. The number of nitrogens with zero attached hydrogens (tertiary/aromatic N) is 5. The molecule has 31 heavy (non-hydrogen) atoms. The lowest BCUT2D eigenvalue weighted by atomic mass is 10.0. The third kappa shape index (κ3) is 3.46. The number of benzene rings is 1. The van der Waals surface area contributed by atoms with E-state index in [0.29, 0.717) is 28.4 Å². The number of likely N-dealkylation sites (tertiary alicyclic amines) is 1. The maximum absolute atomic E-state index is 13.3. The van der Waals surface area contributed by atoms with Crippen LogP contribution in [-0.4, -0.2) is 48.5 Å². The Morgan fingerprint density at radius 1 is 1.23 bits per heavy atom. The van der Waals surface area contributed by atoms with Crippen LogP contribution in [0.1, 0.15) is 49.8 Å². The highest BCUT2D eigenvalue weighted by molar-refractivity contribution is 7.99. The summed E-state index contributed by atoms with van der Waals surface area (Å²) in [7, 11) is 0. The molecule has 2 unspecified atom stereocenters. The van der Waals surface area contributed by atoms with E-state index in [1.165, 1.54) is 17.5 Å². The summed E-state index contributed by atoms with van der Waals surface area (Å²) in [5.41, 5.74) is 3.73. The number of hydrogen-bond acceptors (Lipinski definition) is 5. The van der Waals surface area contributed by atoms with E-state index in [2.05, 4.69) is 38.0 Å². The van der Waals surface area contributed by atoms with E-state index < -0.39 is 0 Å². The van der Waals surface area contributed by atoms with Crippen molar-refractivity contribution >= 4 is 28.7 Å². The normalized spacial score (nSPS) is 20.9. The molecule has 4 heterocycles. The molecule has 1 saturated heterocycles. The van der Waals surface area contributed by atoms with E-state index in [1.807, 2.05) is 11.0 Å². The van der Waals surface area contributed by atoms with Gasteiger partial charge in [0.2, 0.25) is 5.91 Å². The van der Waals surface area contributed by atoms with Crippen molar-refractivity contribution in [3.8, 4) is 5.69 Å². The molecule has 0 bridgehead atoms. The number of thioether (sulfide) groups is 1.